The van der Waals surface area contributed by atoms with Gasteiger partial charge in [0, 0.05) is 18.5 Å². The molecule has 0 amide bonds. The minimum atomic E-state index is -3.28. The zero-order valence-corrected chi connectivity index (χ0v) is 15.6. The van der Waals surface area contributed by atoms with E-state index in [1.54, 1.807) is 13.3 Å². The molecule has 0 unspecified atom stereocenters. The van der Waals surface area contributed by atoms with Gasteiger partial charge in [0.15, 0.2) is 5.82 Å². The SMILES string of the molecule is C=C(C)CS(=O)(=O)NCCCCn1cnc2c(N)nc3ccccc3c21. The Bertz CT molecular complexity index is 1060. The highest BCUT2D eigenvalue weighted by Gasteiger charge is 2.12. The number of nitrogens with two attached hydrogens (primary N) is 1. The summed E-state index contributed by atoms with van der Waals surface area (Å²) in [7, 11) is -3.28. The minimum Gasteiger partial charge on any atom is -0.382 e. The summed E-state index contributed by atoms with van der Waals surface area (Å²) in [6.07, 6.45) is 3.31. The fraction of sp³-hybridized carbons (Fsp3) is 0.333. The summed E-state index contributed by atoms with van der Waals surface area (Å²) in [5.74, 6) is 0.391. The molecule has 3 rings (SSSR count). The molecule has 0 atom stereocenters. The maximum atomic E-state index is 11.8. The lowest BCUT2D eigenvalue weighted by Gasteiger charge is -2.09. The molecule has 0 spiro atoms. The summed E-state index contributed by atoms with van der Waals surface area (Å²) in [6.45, 7) is 6.47. The number of sulfonamides is 1. The monoisotopic (exact) mass is 373 g/mol. The summed E-state index contributed by atoms with van der Waals surface area (Å²) in [6, 6.07) is 7.83. The van der Waals surface area contributed by atoms with Gasteiger partial charge < -0.3 is 10.3 Å². The highest BCUT2D eigenvalue weighted by molar-refractivity contribution is 7.89. The fourth-order valence-corrected chi connectivity index (χ4v) is 4.19. The van der Waals surface area contributed by atoms with E-state index in [4.69, 9.17) is 5.73 Å². The first-order chi connectivity index (χ1) is 12.4. The number of rotatable bonds is 8. The number of pyridine rings is 1. The molecule has 0 saturated carbocycles. The molecular formula is C18H23N5O2S. The van der Waals surface area contributed by atoms with Crippen LogP contribution >= 0.6 is 0 Å². The Morgan fingerprint density at radius 1 is 1.31 bits per heavy atom. The van der Waals surface area contributed by atoms with Gasteiger partial charge in [-0.15, -0.1) is 0 Å². The number of nitrogens with zero attached hydrogens (tertiary/aromatic N) is 3. The smallest absolute Gasteiger partial charge is 0.215 e. The predicted molar refractivity (Wildman–Crippen MR) is 105 cm³/mol. The molecule has 0 aliphatic heterocycles. The van der Waals surface area contributed by atoms with E-state index >= 15 is 0 Å². The van der Waals surface area contributed by atoms with Crippen LogP contribution in [-0.4, -0.2) is 35.3 Å². The Morgan fingerprint density at radius 3 is 2.85 bits per heavy atom. The average molecular weight is 373 g/mol. The number of para-hydroxylation sites is 1. The quantitative estimate of drug-likeness (QED) is 0.466. The van der Waals surface area contributed by atoms with Gasteiger partial charge in [-0.05, 0) is 25.8 Å². The molecule has 3 N–H and O–H groups in total. The first-order valence-electron chi connectivity index (χ1n) is 8.48. The lowest BCUT2D eigenvalue weighted by molar-refractivity contribution is 0.570. The topological polar surface area (TPSA) is 103 Å². The third-order valence-electron chi connectivity index (χ3n) is 4.06. The number of anilines is 1. The third kappa shape index (κ3) is 4.03. The number of aromatic nitrogens is 3. The number of fused-ring (bicyclic) bond motifs is 3. The van der Waals surface area contributed by atoms with Gasteiger partial charge >= 0.3 is 0 Å². The number of hydrogen-bond donors (Lipinski definition) is 2. The Kier molecular flexibility index (Phi) is 5.24. The number of nitrogens with one attached hydrogen (secondary N) is 1. The van der Waals surface area contributed by atoms with Crippen LogP contribution in [0.5, 0.6) is 0 Å². The van der Waals surface area contributed by atoms with Crippen LogP contribution in [0.1, 0.15) is 19.8 Å². The standard InChI is InChI=1S/C18H23N5O2S/c1-13(2)11-26(24,25)21-9-5-6-10-23-12-20-16-17(23)14-7-3-4-8-15(14)22-18(16)19/h3-4,7-8,12,21H,1,5-6,9-11H2,2H3,(H2,19,22). The minimum absolute atomic E-state index is 0.0303. The van der Waals surface area contributed by atoms with Crippen molar-refractivity contribution in [3.05, 3.63) is 42.7 Å². The molecule has 7 nitrogen and oxygen atoms in total. The van der Waals surface area contributed by atoms with E-state index in [1.807, 2.05) is 24.3 Å². The van der Waals surface area contributed by atoms with Gasteiger partial charge in [-0.1, -0.05) is 30.4 Å². The summed E-state index contributed by atoms with van der Waals surface area (Å²) >= 11 is 0. The number of unbranched alkanes of at least 4 members (excludes halogenated alkanes) is 1. The lowest BCUT2D eigenvalue weighted by Crippen LogP contribution is -2.27. The molecule has 0 aliphatic carbocycles. The van der Waals surface area contributed by atoms with Crippen LogP contribution in [0.2, 0.25) is 0 Å². The Morgan fingerprint density at radius 2 is 2.08 bits per heavy atom. The molecule has 0 bridgehead atoms. The second-order valence-corrected chi connectivity index (χ2v) is 8.27. The summed E-state index contributed by atoms with van der Waals surface area (Å²) in [5, 5.41) is 1.01. The van der Waals surface area contributed by atoms with E-state index in [9.17, 15) is 8.42 Å². The van der Waals surface area contributed by atoms with Gasteiger partial charge in [0.05, 0.1) is 23.1 Å². The normalized spacial score (nSPS) is 12.0. The molecule has 0 radical (unpaired) electrons. The second-order valence-electron chi connectivity index (χ2n) is 6.47. The summed E-state index contributed by atoms with van der Waals surface area (Å²) in [4.78, 5) is 8.79. The third-order valence-corrected chi connectivity index (χ3v) is 5.58. The van der Waals surface area contributed by atoms with Crippen molar-refractivity contribution in [2.45, 2.75) is 26.3 Å². The largest absolute Gasteiger partial charge is 0.382 e. The van der Waals surface area contributed by atoms with Crippen LogP contribution in [0.25, 0.3) is 21.9 Å². The second kappa shape index (κ2) is 7.43. The van der Waals surface area contributed by atoms with Gasteiger partial charge in [0.25, 0.3) is 0 Å². The van der Waals surface area contributed by atoms with Crippen molar-refractivity contribution in [1.29, 1.82) is 0 Å². The number of imidazole rings is 1. The van der Waals surface area contributed by atoms with E-state index in [1.165, 1.54) is 0 Å². The molecule has 0 aliphatic rings. The molecule has 3 aromatic rings. The van der Waals surface area contributed by atoms with Gasteiger partial charge in [0.2, 0.25) is 10.0 Å². The van der Waals surface area contributed by atoms with Crippen molar-refractivity contribution in [2.75, 3.05) is 18.0 Å². The van der Waals surface area contributed by atoms with E-state index in [-0.39, 0.29) is 5.75 Å². The van der Waals surface area contributed by atoms with Crippen molar-refractivity contribution < 1.29 is 8.42 Å². The molecule has 0 saturated heterocycles. The van der Waals surface area contributed by atoms with Crippen LogP contribution in [-0.2, 0) is 16.6 Å². The van der Waals surface area contributed by atoms with Crippen LogP contribution < -0.4 is 10.5 Å². The highest BCUT2D eigenvalue weighted by Crippen LogP contribution is 2.27. The maximum absolute atomic E-state index is 11.8. The molecule has 1 aromatic carbocycles. The molecular weight excluding hydrogens is 350 g/mol. The van der Waals surface area contributed by atoms with Gasteiger partial charge in [-0.2, -0.15) is 0 Å². The molecule has 138 valence electrons. The molecule has 0 fully saturated rings. The Hall–Kier alpha value is -2.45. The zero-order valence-electron chi connectivity index (χ0n) is 14.8. The van der Waals surface area contributed by atoms with Crippen molar-refractivity contribution in [3.63, 3.8) is 0 Å². The van der Waals surface area contributed by atoms with Crippen molar-refractivity contribution in [1.82, 2.24) is 19.3 Å². The van der Waals surface area contributed by atoms with Crippen LogP contribution in [0.15, 0.2) is 42.7 Å². The highest BCUT2D eigenvalue weighted by atomic mass is 32.2. The molecule has 8 heteroatoms. The summed E-state index contributed by atoms with van der Waals surface area (Å²) < 4.78 is 28.2. The Balaban J connectivity index is 1.68. The maximum Gasteiger partial charge on any atom is 0.215 e. The Labute approximate surface area is 153 Å². The summed E-state index contributed by atoms with van der Waals surface area (Å²) in [5.41, 5.74) is 9.16. The average Bonchev–Trinajstić information content (AvgIpc) is 2.98. The van der Waals surface area contributed by atoms with E-state index in [0.717, 1.165) is 35.8 Å². The first-order valence-corrected chi connectivity index (χ1v) is 10.1. The van der Waals surface area contributed by atoms with Crippen molar-refractivity contribution in [3.8, 4) is 0 Å². The van der Waals surface area contributed by atoms with Crippen LogP contribution in [0.3, 0.4) is 0 Å². The van der Waals surface area contributed by atoms with Crippen molar-refractivity contribution in [2.24, 2.45) is 0 Å². The molecule has 2 heterocycles. The number of hydrogen-bond acceptors (Lipinski definition) is 5. The molecule has 26 heavy (non-hydrogen) atoms. The predicted octanol–water partition coefficient (Wildman–Crippen LogP) is 2.44. The number of benzene rings is 1. The fourth-order valence-electron chi connectivity index (χ4n) is 2.99. The number of nitrogen functional groups attached to an aromatic ring is 1. The van der Waals surface area contributed by atoms with Gasteiger partial charge in [-0.3, -0.25) is 0 Å². The zero-order chi connectivity index (χ0) is 18.7. The van der Waals surface area contributed by atoms with Crippen molar-refractivity contribution >= 4 is 37.8 Å². The number of aryl methyl sites for hydroxylation is 1. The van der Waals surface area contributed by atoms with E-state index in [0.29, 0.717) is 23.5 Å². The van der Waals surface area contributed by atoms with Crippen LogP contribution in [0.4, 0.5) is 5.82 Å². The first kappa shape index (κ1) is 18.3. The van der Waals surface area contributed by atoms with E-state index in [2.05, 4.69) is 25.8 Å². The van der Waals surface area contributed by atoms with Gasteiger partial charge in [-0.25, -0.2) is 23.1 Å². The molecule has 2 aromatic heterocycles. The van der Waals surface area contributed by atoms with Crippen LogP contribution in [0, 0.1) is 0 Å². The lowest BCUT2D eigenvalue weighted by atomic mass is 10.2. The van der Waals surface area contributed by atoms with Gasteiger partial charge in [0.1, 0.15) is 5.52 Å². The van der Waals surface area contributed by atoms with E-state index < -0.39 is 10.0 Å².